The van der Waals surface area contributed by atoms with Gasteiger partial charge in [-0.05, 0) is 117 Å². The van der Waals surface area contributed by atoms with Crippen LogP contribution in [0.4, 0.5) is 0 Å². The first-order valence-electron chi connectivity index (χ1n) is 13.6. The molecule has 0 saturated heterocycles. The minimum Gasteiger partial charge on any atom is -0.393 e. The van der Waals surface area contributed by atoms with E-state index in [1.54, 1.807) is 5.57 Å². The molecule has 0 aromatic heterocycles. The number of aliphatic hydroxyl groups is 2. The van der Waals surface area contributed by atoms with E-state index in [0.717, 1.165) is 55.3 Å². The van der Waals surface area contributed by atoms with Crippen molar-refractivity contribution in [2.45, 2.75) is 124 Å². The molecule has 4 rings (SSSR count). The molecule has 2 N–H and O–H groups in total. The van der Waals surface area contributed by atoms with Crippen LogP contribution in [-0.2, 0) is 0 Å². The van der Waals surface area contributed by atoms with E-state index in [4.69, 9.17) is 0 Å². The lowest BCUT2D eigenvalue weighted by molar-refractivity contribution is -0.0758. The van der Waals surface area contributed by atoms with Gasteiger partial charge in [0.05, 0.1) is 11.7 Å². The van der Waals surface area contributed by atoms with Crippen molar-refractivity contribution in [3.05, 3.63) is 11.6 Å². The van der Waals surface area contributed by atoms with Crippen LogP contribution in [0.1, 0.15) is 112 Å². The van der Waals surface area contributed by atoms with Crippen LogP contribution < -0.4 is 0 Å². The molecule has 4 aliphatic carbocycles. The molecule has 3 saturated carbocycles. The summed E-state index contributed by atoms with van der Waals surface area (Å²) in [5, 5.41) is 21.3. The van der Waals surface area contributed by atoms with E-state index in [1.165, 1.54) is 44.9 Å². The van der Waals surface area contributed by atoms with Crippen LogP contribution in [0.25, 0.3) is 0 Å². The fourth-order valence-electron chi connectivity index (χ4n) is 8.96. The Balaban J connectivity index is 1.49. The van der Waals surface area contributed by atoms with Crippen LogP contribution in [0.15, 0.2) is 11.6 Å². The van der Waals surface area contributed by atoms with E-state index in [9.17, 15) is 10.2 Å². The van der Waals surface area contributed by atoms with Gasteiger partial charge in [-0.2, -0.15) is 0 Å². The lowest BCUT2D eigenvalue weighted by Gasteiger charge is -2.59. The highest BCUT2D eigenvalue weighted by molar-refractivity contribution is 5.27. The van der Waals surface area contributed by atoms with Crippen molar-refractivity contribution in [2.24, 2.45) is 46.3 Å². The Morgan fingerprint density at radius 3 is 2.42 bits per heavy atom. The fraction of sp³-hybridized carbons (Fsp3) is 0.931. The van der Waals surface area contributed by atoms with Crippen LogP contribution in [0.3, 0.4) is 0 Å². The smallest absolute Gasteiger partial charge is 0.0682 e. The molecular weight excluding hydrogens is 380 g/mol. The van der Waals surface area contributed by atoms with E-state index in [2.05, 4.69) is 47.6 Å². The van der Waals surface area contributed by atoms with Crippen LogP contribution in [0.2, 0.25) is 0 Å². The quantitative estimate of drug-likeness (QED) is 0.440. The average Bonchev–Trinajstić information content (AvgIpc) is 3.09. The molecule has 9 atom stereocenters. The Labute approximate surface area is 192 Å². The summed E-state index contributed by atoms with van der Waals surface area (Å²) in [6.45, 7) is 14.1. The Morgan fingerprint density at radius 1 is 1.00 bits per heavy atom. The molecule has 0 bridgehead atoms. The van der Waals surface area contributed by atoms with Crippen LogP contribution in [0, 0.1) is 46.3 Å². The summed E-state index contributed by atoms with van der Waals surface area (Å²) in [6, 6.07) is 0. The molecule has 2 heteroatoms. The van der Waals surface area contributed by atoms with Gasteiger partial charge in [0.2, 0.25) is 0 Å². The number of hydrogen-bond donors (Lipinski definition) is 2. The summed E-state index contributed by atoms with van der Waals surface area (Å²) < 4.78 is 0. The van der Waals surface area contributed by atoms with Gasteiger partial charge < -0.3 is 10.2 Å². The molecule has 0 heterocycles. The minimum absolute atomic E-state index is 0.141. The van der Waals surface area contributed by atoms with Gasteiger partial charge in [0, 0.05) is 0 Å². The molecule has 0 spiro atoms. The summed E-state index contributed by atoms with van der Waals surface area (Å²) in [5.74, 6) is 4.46. The maximum absolute atomic E-state index is 11.0. The zero-order valence-electron chi connectivity index (χ0n) is 21.3. The molecular formula is C29H50O2. The molecule has 31 heavy (non-hydrogen) atoms. The zero-order valence-corrected chi connectivity index (χ0v) is 21.3. The first kappa shape index (κ1) is 23.8. The normalized spacial score (nSPS) is 46.7. The predicted molar refractivity (Wildman–Crippen MR) is 130 cm³/mol. The Hall–Kier alpha value is -0.340. The number of fused-ring (bicyclic) bond motifs is 5. The molecule has 4 aliphatic rings. The second kappa shape index (κ2) is 8.46. The van der Waals surface area contributed by atoms with E-state index in [1.807, 2.05) is 0 Å². The second-order valence-corrected chi connectivity index (χ2v) is 13.1. The summed E-state index contributed by atoms with van der Waals surface area (Å²) in [7, 11) is 0. The average molecular weight is 431 g/mol. The first-order chi connectivity index (χ1) is 14.5. The Morgan fingerprint density at radius 2 is 1.74 bits per heavy atom. The second-order valence-electron chi connectivity index (χ2n) is 13.1. The van der Waals surface area contributed by atoms with Crippen molar-refractivity contribution < 1.29 is 10.2 Å². The molecule has 0 amide bonds. The minimum atomic E-state index is -0.449. The molecule has 0 aromatic carbocycles. The molecule has 178 valence electrons. The van der Waals surface area contributed by atoms with Crippen molar-refractivity contribution in [2.75, 3.05) is 0 Å². The largest absolute Gasteiger partial charge is 0.393 e. The van der Waals surface area contributed by atoms with Gasteiger partial charge in [-0.1, -0.05) is 53.2 Å². The Bertz CT molecular complexity index is 682. The zero-order chi connectivity index (χ0) is 22.6. The predicted octanol–water partition coefficient (Wildman–Crippen LogP) is 7.14. The molecule has 1 unspecified atom stereocenters. The van der Waals surface area contributed by atoms with Gasteiger partial charge >= 0.3 is 0 Å². The van der Waals surface area contributed by atoms with Gasteiger partial charge in [-0.15, -0.1) is 0 Å². The summed E-state index contributed by atoms with van der Waals surface area (Å²) in [4.78, 5) is 0. The highest BCUT2D eigenvalue weighted by Gasteiger charge is 2.59. The van der Waals surface area contributed by atoms with Gasteiger partial charge in [-0.25, -0.2) is 0 Å². The third-order valence-corrected chi connectivity index (χ3v) is 11.4. The molecule has 2 nitrogen and oxygen atoms in total. The van der Waals surface area contributed by atoms with E-state index < -0.39 is 5.60 Å². The fourth-order valence-corrected chi connectivity index (χ4v) is 8.96. The van der Waals surface area contributed by atoms with Gasteiger partial charge in [0.25, 0.3) is 0 Å². The summed E-state index contributed by atoms with van der Waals surface area (Å²) >= 11 is 0. The topological polar surface area (TPSA) is 40.5 Å². The lowest BCUT2D eigenvalue weighted by atomic mass is 9.46. The third kappa shape index (κ3) is 3.96. The third-order valence-electron chi connectivity index (χ3n) is 11.4. The van der Waals surface area contributed by atoms with Crippen LogP contribution >= 0.6 is 0 Å². The monoisotopic (exact) mass is 430 g/mol. The highest BCUT2D eigenvalue weighted by Crippen LogP contribution is 2.67. The lowest BCUT2D eigenvalue weighted by Crippen LogP contribution is -2.52. The number of aliphatic hydroxyl groups excluding tert-OH is 1. The first-order valence-corrected chi connectivity index (χ1v) is 13.6. The van der Waals surface area contributed by atoms with Crippen molar-refractivity contribution in [1.82, 2.24) is 0 Å². The maximum atomic E-state index is 11.0. The molecule has 0 aliphatic heterocycles. The van der Waals surface area contributed by atoms with Crippen molar-refractivity contribution >= 4 is 0 Å². The standard InChI is InChI=1S/C29H50O2/c1-7-29(31)17-16-27(5)21(18-29)9-10-22-24-12-11-23(28(24,6)15-14-25(22)27)20(4)8-13-26(30)19(2)3/h9,19-20,22-26,30-31H,7-8,10-18H2,1-6H3/t20-,22?,23-,24+,25+,26-,27+,28-,29+/m1/s1. The Kier molecular flexibility index (Phi) is 6.50. The van der Waals surface area contributed by atoms with Gasteiger partial charge in [-0.3, -0.25) is 0 Å². The molecule has 0 aromatic rings. The van der Waals surface area contributed by atoms with Crippen LogP contribution in [-0.4, -0.2) is 21.9 Å². The van der Waals surface area contributed by atoms with Crippen molar-refractivity contribution in [1.29, 1.82) is 0 Å². The van der Waals surface area contributed by atoms with Crippen LogP contribution in [0.5, 0.6) is 0 Å². The van der Waals surface area contributed by atoms with Gasteiger partial charge in [0.1, 0.15) is 0 Å². The number of rotatable bonds is 6. The van der Waals surface area contributed by atoms with E-state index in [-0.39, 0.29) is 6.10 Å². The number of hydrogen-bond acceptors (Lipinski definition) is 2. The summed E-state index contributed by atoms with van der Waals surface area (Å²) in [5.41, 5.74) is 1.97. The summed E-state index contributed by atoms with van der Waals surface area (Å²) in [6.07, 6.45) is 15.4. The molecule has 0 radical (unpaired) electrons. The van der Waals surface area contributed by atoms with Crippen molar-refractivity contribution in [3.63, 3.8) is 0 Å². The van der Waals surface area contributed by atoms with E-state index in [0.29, 0.717) is 16.7 Å². The highest BCUT2D eigenvalue weighted by atomic mass is 16.3. The molecule has 3 fully saturated rings. The number of allylic oxidation sites excluding steroid dienone is 1. The van der Waals surface area contributed by atoms with Crippen molar-refractivity contribution in [3.8, 4) is 0 Å². The van der Waals surface area contributed by atoms with Gasteiger partial charge in [0.15, 0.2) is 0 Å². The SMILES string of the molecule is CC[C@]1(O)CC[C@@]2(C)C(=CCC3[C@@H]4CC[C@H]([C@H](C)CC[C@@H](O)C(C)C)[C@@]4(C)CC[C@@H]32)C1. The maximum Gasteiger partial charge on any atom is 0.0682 e. The van der Waals surface area contributed by atoms with E-state index >= 15 is 0 Å².